The molecule has 0 bridgehead atoms. The minimum atomic E-state index is -0.247. The van der Waals surface area contributed by atoms with E-state index in [1.54, 1.807) is 17.4 Å². The molecule has 4 heteroatoms. The highest BCUT2D eigenvalue weighted by atomic mass is 32.1. The lowest BCUT2D eigenvalue weighted by molar-refractivity contribution is 0.629. The lowest BCUT2D eigenvalue weighted by Gasteiger charge is -2.03. The van der Waals surface area contributed by atoms with E-state index >= 15 is 0 Å². The Bertz CT molecular complexity index is 721. The maximum absolute atomic E-state index is 13.1. The van der Waals surface area contributed by atoms with E-state index in [0.717, 1.165) is 16.4 Å². The summed E-state index contributed by atoms with van der Waals surface area (Å²) in [5.41, 5.74) is 3.16. The number of anilines is 1. The highest BCUT2D eigenvalue weighted by Crippen LogP contribution is 2.26. The third-order valence-corrected chi connectivity index (χ3v) is 3.87. The van der Waals surface area contributed by atoms with Crippen molar-refractivity contribution in [3.05, 3.63) is 59.4 Å². The standard InChI is InChI=1S/C15H13FN2S/c1-10-3-2-4-11(7-10)9-17-15-18-13-8-12(16)5-6-14(13)19-15/h2-8H,9H2,1H3,(H,17,18). The average Bonchev–Trinajstić information content (AvgIpc) is 2.78. The number of rotatable bonds is 3. The van der Waals surface area contributed by atoms with Gasteiger partial charge in [0, 0.05) is 12.6 Å². The smallest absolute Gasteiger partial charge is 0.184 e. The lowest BCUT2D eigenvalue weighted by Crippen LogP contribution is -1.98. The van der Waals surface area contributed by atoms with Crippen LogP contribution in [0.2, 0.25) is 0 Å². The molecule has 0 aliphatic rings. The van der Waals surface area contributed by atoms with Gasteiger partial charge in [-0.15, -0.1) is 0 Å². The van der Waals surface area contributed by atoms with Crippen molar-refractivity contribution in [2.75, 3.05) is 5.32 Å². The van der Waals surface area contributed by atoms with Crippen LogP contribution in [0.4, 0.5) is 9.52 Å². The fourth-order valence-corrected chi connectivity index (χ4v) is 2.82. The molecule has 1 aromatic heterocycles. The zero-order valence-corrected chi connectivity index (χ0v) is 11.3. The number of fused-ring (bicyclic) bond motifs is 1. The van der Waals surface area contributed by atoms with Crippen LogP contribution in [0.25, 0.3) is 10.2 Å². The summed E-state index contributed by atoms with van der Waals surface area (Å²) in [6.45, 7) is 2.80. The van der Waals surface area contributed by atoms with Crippen molar-refractivity contribution in [3.8, 4) is 0 Å². The van der Waals surface area contributed by atoms with Crippen LogP contribution in [0.1, 0.15) is 11.1 Å². The summed E-state index contributed by atoms with van der Waals surface area (Å²) in [5.74, 6) is -0.247. The zero-order valence-electron chi connectivity index (χ0n) is 10.5. The van der Waals surface area contributed by atoms with Gasteiger partial charge in [0.1, 0.15) is 5.82 Å². The van der Waals surface area contributed by atoms with Crippen LogP contribution in [0, 0.1) is 12.7 Å². The molecule has 0 saturated carbocycles. The van der Waals surface area contributed by atoms with Crippen molar-refractivity contribution < 1.29 is 4.39 Å². The molecule has 3 rings (SSSR count). The number of hydrogen-bond acceptors (Lipinski definition) is 3. The summed E-state index contributed by atoms with van der Waals surface area (Å²) < 4.78 is 14.1. The van der Waals surface area contributed by atoms with E-state index in [1.165, 1.54) is 23.3 Å². The van der Waals surface area contributed by atoms with E-state index in [4.69, 9.17) is 0 Å². The predicted octanol–water partition coefficient (Wildman–Crippen LogP) is 4.36. The van der Waals surface area contributed by atoms with E-state index < -0.39 is 0 Å². The molecule has 96 valence electrons. The second-order valence-corrected chi connectivity index (χ2v) is 5.50. The topological polar surface area (TPSA) is 24.9 Å². The zero-order chi connectivity index (χ0) is 13.2. The van der Waals surface area contributed by atoms with Gasteiger partial charge in [0.05, 0.1) is 10.2 Å². The first kappa shape index (κ1) is 12.1. The first-order valence-corrected chi connectivity index (χ1v) is 6.88. The SMILES string of the molecule is Cc1cccc(CNc2nc3cc(F)ccc3s2)c1. The first-order chi connectivity index (χ1) is 9.20. The molecule has 0 saturated heterocycles. The number of nitrogens with one attached hydrogen (secondary N) is 1. The Balaban J connectivity index is 1.78. The molecule has 0 aliphatic carbocycles. The van der Waals surface area contributed by atoms with E-state index in [9.17, 15) is 4.39 Å². The van der Waals surface area contributed by atoms with Gasteiger partial charge >= 0.3 is 0 Å². The Labute approximate surface area is 114 Å². The molecule has 0 radical (unpaired) electrons. The number of benzene rings is 2. The molecule has 1 heterocycles. The molecule has 0 fully saturated rings. The average molecular weight is 272 g/mol. The minimum absolute atomic E-state index is 0.247. The van der Waals surface area contributed by atoms with Crippen molar-refractivity contribution in [1.82, 2.24) is 4.98 Å². The fraction of sp³-hybridized carbons (Fsp3) is 0.133. The van der Waals surface area contributed by atoms with Crippen molar-refractivity contribution in [2.24, 2.45) is 0 Å². The molecule has 3 aromatic rings. The van der Waals surface area contributed by atoms with Crippen LogP contribution < -0.4 is 5.32 Å². The van der Waals surface area contributed by atoms with Crippen molar-refractivity contribution >= 4 is 26.7 Å². The highest BCUT2D eigenvalue weighted by Gasteiger charge is 2.04. The summed E-state index contributed by atoms with van der Waals surface area (Å²) in [4.78, 5) is 4.38. The molecule has 0 unspecified atom stereocenters. The molecule has 2 aromatic carbocycles. The molecule has 0 atom stereocenters. The first-order valence-electron chi connectivity index (χ1n) is 6.06. The van der Waals surface area contributed by atoms with Crippen LogP contribution in [0.3, 0.4) is 0 Å². The highest BCUT2D eigenvalue weighted by molar-refractivity contribution is 7.22. The number of aromatic nitrogens is 1. The predicted molar refractivity (Wildman–Crippen MR) is 78.1 cm³/mol. The van der Waals surface area contributed by atoms with Gasteiger partial charge in [0.15, 0.2) is 5.13 Å². The Morgan fingerprint density at radius 2 is 2.11 bits per heavy atom. The van der Waals surface area contributed by atoms with Crippen LogP contribution in [0.5, 0.6) is 0 Å². The Morgan fingerprint density at radius 3 is 2.95 bits per heavy atom. The maximum Gasteiger partial charge on any atom is 0.184 e. The van der Waals surface area contributed by atoms with E-state index in [0.29, 0.717) is 5.52 Å². The largest absolute Gasteiger partial charge is 0.357 e. The van der Waals surface area contributed by atoms with E-state index in [-0.39, 0.29) is 5.82 Å². The Kier molecular flexibility index (Phi) is 3.17. The quantitative estimate of drug-likeness (QED) is 0.766. The number of hydrogen-bond donors (Lipinski definition) is 1. The third kappa shape index (κ3) is 2.74. The van der Waals surface area contributed by atoms with Crippen LogP contribution in [-0.4, -0.2) is 4.98 Å². The molecule has 1 N–H and O–H groups in total. The lowest BCUT2D eigenvalue weighted by atomic mass is 10.1. The number of aryl methyl sites for hydroxylation is 1. The molecule has 0 spiro atoms. The van der Waals surface area contributed by atoms with E-state index in [1.807, 2.05) is 6.07 Å². The summed E-state index contributed by atoms with van der Waals surface area (Å²) >= 11 is 1.54. The normalized spacial score (nSPS) is 10.8. The Morgan fingerprint density at radius 1 is 1.21 bits per heavy atom. The second kappa shape index (κ2) is 4.97. The van der Waals surface area contributed by atoms with Gasteiger partial charge in [0.2, 0.25) is 0 Å². The number of nitrogens with zero attached hydrogens (tertiary/aromatic N) is 1. The minimum Gasteiger partial charge on any atom is -0.357 e. The van der Waals surface area contributed by atoms with Gasteiger partial charge < -0.3 is 5.32 Å². The fourth-order valence-electron chi connectivity index (χ4n) is 1.98. The van der Waals surface area contributed by atoms with Crippen molar-refractivity contribution in [1.29, 1.82) is 0 Å². The van der Waals surface area contributed by atoms with Crippen LogP contribution in [0.15, 0.2) is 42.5 Å². The third-order valence-electron chi connectivity index (χ3n) is 2.88. The summed E-state index contributed by atoms with van der Waals surface area (Å²) in [5, 5.41) is 4.10. The molecule has 0 aliphatic heterocycles. The van der Waals surface area contributed by atoms with Crippen molar-refractivity contribution in [3.63, 3.8) is 0 Å². The van der Waals surface area contributed by atoms with E-state index in [2.05, 4.69) is 35.4 Å². The summed E-state index contributed by atoms with van der Waals surface area (Å²) in [7, 11) is 0. The van der Waals surface area contributed by atoms with Gasteiger partial charge in [-0.2, -0.15) is 0 Å². The van der Waals surface area contributed by atoms with Gasteiger partial charge in [-0.05, 0) is 24.6 Å². The maximum atomic E-state index is 13.1. The van der Waals surface area contributed by atoms with Crippen LogP contribution >= 0.6 is 11.3 Å². The second-order valence-electron chi connectivity index (χ2n) is 4.47. The number of halogens is 1. The van der Waals surface area contributed by atoms with Gasteiger partial charge in [0.25, 0.3) is 0 Å². The van der Waals surface area contributed by atoms with Crippen LogP contribution in [-0.2, 0) is 6.54 Å². The number of thiazole rings is 1. The molecule has 2 nitrogen and oxygen atoms in total. The van der Waals surface area contributed by atoms with Gasteiger partial charge in [-0.3, -0.25) is 0 Å². The van der Waals surface area contributed by atoms with Crippen molar-refractivity contribution in [2.45, 2.75) is 13.5 Å². The molecular formula is C15H13FN2S. The monoisotopic (exact) mass is 272 g/mol. The molecule has 0 amide bonds. The molecule has 19 heavy (non-hydrogen) atoms. The summed E-state index contributed by atoms with van der Waals surface area (Å²) in [6.07, 6.45) is 0. The van der Waals surface area contributed by atoms with Gasteiger partial charge in [-0.25, -0.2) is 9.37 Å². The molecular weight excluding hydrogens is 259 g/mol. The van der Waals surface area contributed by atoms with Gasteiger partial charge in [-0.1, -0.05) is 41.2 Å². The Hall–Kier alpha value is -1.94. The summed E-state index contributed by atoms with van der Waals surface area (Å²) in [6, 6.07) is 13.0.